The van der Waals surface area contributed by atoms with E-state index in [1.807, 2.05) is 40.8 Å². The predicted octanol–water partition coefficient (Wildman–Crippen LogP) is 4.73. The van der Waals surface area contributed by atoms with Crippen molar-refractivity contribution in [2.75, 3.05) is 11.9 Å². The molecular formula is C20H29BrN2O4. The second-order valence-electron chi connectivity index (χ2n) is 8.17. The van der Waals surface area contributed by atoms with Crippen LogP contribution in [0.3, 0.4) is 0 Å². The van der Waals surface area contributed by atoms with Crippen molar-refractivity contribution in [1.82, 2.24) is 5.32 Å². The lowest BCUT2D eigenvalue weighted by Gasteiger charge is -2.37. The topological polar surface area (TPSA) is 78.9 Å². The van der Waals surface area contributed by atoms with Crippen molar-refractivity contribution in [3.8, 4) is 0 Å². The largest absolute Gasteiger partial charge is 0.478 e. The van der Waals surface area contributed by atoms with Gasteiger partial charge in [-0.15, -0.1) is 0 Å². The summed E-state index contributed by atoms with van der Waals surface area (Å²) in [7, 11) is 2.01. The maximum absolute atomic E-state index is 11.9. The molecule has 6 nitrogen and oxygen atoms in total. The van der Waals surface area contributed by atoms with E-state index in [0.717, 1.165) is 41.4 Å². The molecule has 0 radical (unpaired) electrons. The third-order valence-electron chi connectivity index (χ3n) is 4.92. The van der Waals surface area contributed by atoms with E-state index in [-0.39, 0.29) is 12.1 Å². The summed E-state index contributed by atoms with van der Waals surface area (Å²) in [6.07, 6.45) is 3.21. The Bertz CT molecular complexity index is 707. The van der Waals surface area contributed by atoms with Crippen LogP contribution in [0.1, 0.15) is 62.4 Å². The number of benzene rings is 1. The van der Waals surface area contributed by atoms with Crippen molar-refractivity contribution >= 4 is 33.7 Å². The highest BCUT2D eigenvalue weighted by atomic mass is 79.9. The lowest BCUT2D eigenvalue weighted by molar-refractivity contribution is 0.0490. The van der Waals surface area contributed by atoms with E-state index >= 15 is 0 Å². The number of anilines is 1. The number of carbonyl (C=O) groups is 2. The molecule has 0 saturated heterocycles. The first-order valence-corrected chi connectivity index (χ1v) is 10.0. The molecule has 1 aromatic carbocycles. The molecular weight excluding hydrogens is 412 g/mol. The van der Waals surface area contributed by atoms with Gasteiger partial charge in [0.05, 0.1) is 5.56 Å². The highest BCUT2D eigenvalue weighted by molar-refractivity contribution is 9.10. The molecule has 27 heavy (non-hydrogen) atoms. The Morgan fingerprint density at radius 2 is 1.81 bits per heavy atom. The molecule has 0 atom stereocenters. The van der Waals surface area contributed by atoms with E-state index < -0.39 is 11.6 Å². The highest BCUT2D eigenvalue weighted by Crippen LogP contribution is 2.32. The van der Waals surface area contributed by atoms with Gasteiger partial charge in [-0.2, -0.15) is 0 Å². The number of ether oxygens (including phenoxy) is 1. The van der Waals surface area contributed by atoms with Gasteiger partial charge in [0.15, 0.2) is 0 Å². The fourth-order valence-electron chi connectivity index (χ4n) is 3.53. The summed E-state index contributed by atoms with van der Waals surface area (Å²) in [5.74, 6) is -0.922. The SMILES string of the molecule is Cc1c(C(=O)O)cc(Br)cc1N(C)C1CCC(NC(=O)OC(C)(C)C)CC1. The van der Waals surface area contributed by atoms with E-state index in [9.17, 15) is 14.7 Å². The molecule has 0 aromatic heterocycles. The van der Waals surface area contributed by atoms with Gasteiger partial charge in [-0.3, -0.25) is 0 Å². The van der Waals surface area contributed by atoms with Crippen LogP contribution in [-0.4, -0.2) is 41.9 Å². The summed E-state index contributed by atoms with van der Waals surface area (Å²) in [6, 6.07) is 4.02. The molecule has 2 N–H and O–H groups in total. The molecule has 1 aromatic rings. The third kappa shape index (κ3) is 5.86. The van der Waals surface area contributed by atoms with Gasteiger partial charge in [-0.05, 0) is 71.1 Å². The first-order valence-electron chi connectivity index (χ1n) is 9.23. The Balaban J connectivity index is 2.00. The number of nitrogens with zero attached hydrogens (tertiary/aromatic N) is 1. The van der Waals surface area contributed by atoms with E-state index in [2.05, 4.69) is 26.1 Å². The van der Waals surface area contributed by atoms with Gasteiger partial charge < -0.3 is 20.1 Å². The Morgan fingerprint density at radius 1 is 1.22 bits per heavy atom. The lowest BCUT2D eigenvalue weighted by Crippen LogP contribution is -2.44. The minimum absolute atomic E-state index is 0.114. The normalized spacial score (nSPS) is 20.1. The van der Waals surface area contributed by atoms with Gasteiger partial charge in [-0.25, -0.2) is 9.59 Å². The van der Waals surface area contributed by atoms with Crippen molar-refractivity contribution in [1.29, 1.82) is 0 Å². The number of alkyl carbamates (subject to hydrolysis) is 1. The fourth-order valence-corrected chi connectivity index (χ4v) is 3.98. The summed E-state index contributed by atoms with van der Waals surface area (Å²) in [6.45, 7) is 7.40. The molecule has 7 heteroatoms. The van der Waals surface area contributed by atoms with Crippen LogP contribution in [0.4, 0.5) is 10.5 Å². The second-order valence-corrected chi connectivity index (χ2v) is 9.08. The Labute approximate surface area is 169 Å². The van der Waals surface area contributed by atoms with Crippen LogP contribution in [0.25, 0.3) is 0 Å². The molecule has 1 amide bonds. The third-order valence-corrected chi connectivity index (χ3v) is 5.38. The van der Waals surface area contributed by atoms with E-state index in [1.54, 1.807) is 6.07 Å². The summed E-state index contributed by atoms with van der Waals surface area (Å²) in [4.78, 5) is 25.6. The van der Waals surface area contributed by atoms with Crippen LogP contribution < -0.4 is 10.2 Å². The van der Waals surface area contributed by atoms with E-state index in [0.29, 0.717) is 11.6 Å². The van der Waals surface area contributed by atoms with Gasteiger partial charge >= 0.3 is 12.1 Å². The van der Waals surface area contributed by atoms with Crippen molar-refractivity contribution in [3.05, 3.63) is 27.7 Å². The van der Waals surface area contributed by atoms with Gasteiger partial charge in [-0.1, -0.05) is 15.9 Å². The number of halogens is 1. The zero-order valence-electron chi connectivity index (χ0n) is 16.6. The molecule has 1 saturated carbocycles. The fraction of sp³-hybridized carbons (Fsp3) is 0.600. The average molecular weight is 441 g/mol. The number of aromatic carboxylic acids is 1. The smallest absolute Gasteiger partial charge is 0.407 e. The molecule has 0 bridgehead atoms. The molecule has 1 aliphatic carbocycles. The number of nitrogens with one attached hydrogen (secondary N) is 1. The molecule has 0 unspecified atom stereocenters. The minimum atomic E-state index is -0.922. The Hall–Kier alpha value is -1.76. The molecule has 0 aliphatic heterocycles. The van der Waals surface area contributed by atoms with Crippen molar-refractivity contribution in [2.45, 2.75) is 71.1 Å². The van der Waals surface area contributed by atoms with E-state index in [1.165, 1.54) is 0 Å². The summed E-state index contributed by atoms with van der Waals surface area (Å²) >= 11 is 3.42. The predicted molar refractivity (Wildman–Crippen MR) is 110 cm³/mol. The zero-order chi connectivity index (χ0) is 20.4. The number of carboxylic acid groups (broad SMARTS) is 1. The van der Waals surface area contributed by atoms with E-state index in [4.69, 9.17) is 4.74 Å². The number of rotatable bonds is 4. The molecule has 150 valence electrons. The molecule has 0 spiro atoms. The number of hydrogen-bond acceptors (Lipinski definition) is 4. The van der Waals surface area contributed by atoms with Gasteiger partial charge in [0.2, 0.25) is 0 Å². The Kier molecular flexibility index (Phi) is 6.78. The number of amides is 1. The minimum Gasteiger partial charge on any atom is -0.478 e. The first kappa shape index (κ1) is 21.5. The van der Waals surface area contributed by atoms with Gasteiger partial charge in [0.1, 0.15) is 5.60 Å². The average Bonchev–Trinajstić information content (AvgIpc) is 2.54. The first-order chi connectivity index (χ1) is 12.5. The van der Waals surface area contributed by atoms with Gasteiger partial charge in [0, 0.05) is 29.3 Å². The number of hydrogen-bond donors (Lipinski definition) is 2. The maximum atomic E-state index is 11.9. The summed E-state index contributed by atoms with van der Waals surface area (Å²) in [5.41, 5.74) is 1.50. The van der Waals surface area contributed by atoms with Crippen molar-refractivity contribution in [2.24, 2.45) is 0 Å². The van der Waals surface area contributed by atoms with Crippen molar-refractivity contribution < 1.29 is 19.4 Å². The summed E-state index contributed by atoms with van der Waals surface area (Å²) in [5, 5.41) is 12.4. The van der Waals surface area contributed by atoms with Crippen LogP contribution in [0, 0.1) is 6.92 Å². The monoisotopic (exact) mass is 440 g/mol. The van der Waals surface area contributed by atoms with Crippen LogP contribution in [0.5, 0.6) is 0 Å². The van der Waals surface area contributed by atoms with Crippen molar-refractivity contribution in [3.63, 3.8) is 0 Å². The quantitative estimate of drug-likeness (QED) is 0.707. The van der Waals surface area contributed by atoms with Crippen LogP contribution >= 0.6 is 15.9 Å². The van der Waals surface area contributed by atoms with Crippen LogP contribution in [-0.2, 0) is 4.74 Å². The Morgan fingerprint density at radius 3 is 2.33 bits per heavy atom. The zero-order valence-corrected chi connectivity index (χ0v) is 18.2. The number of carboxylic acids is 1. The maximum Gasteiger partial charge on any atom is 0.407 e. The summed E-state index contributed by atoms with van der Waals surface area (Å²) < 4.78 is 6.08. The number of carbonyl (C=O) groups excluding carboxylic acids is 1. The van der Waals surface area contributed by atoms with Crippen LogP contribution in [0.2, 0.25) is 0 Å². The molecule has 2 rings (SSSR count). The molecule has 1 aliphatic rings. The molecule has 1 fully saturated rings. The standard InChI is InChI=1S/C20H29BrN2O4/c1-12-16(18(24)25)10-13(21)11-17(12)23(5)15-8-6-14(7-9-15)22-19(26)27-20(2,3)4/h10-11,14-15H,6-9H2,1-5H3,(H,22,26)(H,24,25). The highest BCUT2D eigenvalue weighted by Gasteiger charge is 2.28. The second kappa shape index (κ2) is 8.50. The molecule has 0 heterocycles. The van der Waals surface area contributed by atoms with Crippen LogP contribution in [0.15, 0.2) is 16.6 Å². The lowest BCUT2D eigenvalue weighted by atomic mass is 9.89. The van der Waals surface area contributed by atoms with Gasteiger partial charge in [0.25, 0.3) is 0 Å².